The lowest BCUT2D eigenvalue weighted by Gasteiger charge is -2.27. The average molecular weight is 307 g/mol. The van der Waals surface area contributed by atoms with Crippen LogP contribution in [0.1, 0.15) is 38.2 Å². The predicted molar refractivity (Wildman–Crippen MR) is 74.8 cm³/mol. The van der Waals surface area contributed by atoms with E-state index in [1.54, 1.807) is 0 Å². The Morgan fingerprint density at radius 1 is 1.47 bits per heavy atom. The van der Waals surface area contributed by atoms with Crippen LogP contribution < -0.4 is 5.32 Å². The molecule has 0 aliphatic rings. The first-order valence-corrected chi connectivity index (χ1v) is 8.24. The molecule has 0 saturated carbocycles. The Labute approximate surface area is 118 Å². The van der Waals surface area contributed by atoms with Crippen molar-refractivity contribution in [1.29, 1.82) is 0 Å². The molecule has 1 unspecified atom stereocenters. The summed E-state index contributed by atoms with van der Waals surface area (Å²) in [7, 11) is 1.38. The standard InChI is InChI=1S/C12H19ClN2O3S/c1-8(12(2,3)4)6-15-11(16)10-5-9(7-14-10)19(13,17)18/h5,7-8,14H,6H2,1-4H3,(H,15,16). The van der Waals surface area contributed by atoms with Gasteiger partial charge in [-0.25, -0.2) is 8.42 Å². The van der Waals surface area contributed by atoms with Gasteiger partial charge < -0.3 is 10.3 Å². The second-order valence-electron chi connectivity index (χ2n) is 5.66. The smallest absolute Gasteiger partial charge is 0.267 e. The number of carbonyl (C=O) groups is 1. The lowest BCUT2D eigenvalue weighted by Crippen LogP contribution is -2.33. The summed E-state index contributed by atoms with van der Waals surface area (Å²) in [6, 6.07) is 1.22. The number of H-pyrrole nitrogens is 1. The Kier molecular flexibility index (Phi) is 4.68. The molecule has 1 rings (SSSR count). The normalized spacial score (nSPS) is 14.2. The Hall–Kier alpha value is -1.01. The topological polar surface area (TPSA) is 79.0 Å². The van der Waals surface area contributed by atoms with Crippen LogP contribution in [0.3, 0.4) is 0 Å². The lowest BCUT2D eigenvalue weighted by molar-refractivity contribution is 0.0932. The zero-order chi connectivity index (χ0) is 14.8. The summed E-state index contributed by atoms with van der Waals surface area (Å²) in [5.41, 5.74) is 0.272. The molecule has 1 aromatic heterocycles. The molecule has 1 aromatic rings. The van der Waals surface area contributed by atoms with Crippen molar-refractivity contribution in [2.75, 3.05) is 6.54 Å². The molecule has 0 radical (unpaired) electrons. The molecule has 0 aliphatic heterocycles. The minimum absolute atomic E-state index is 0.0909. The van der Waals surface area contributed by atoms with Crippen LogP contribution in [0.15, 0.2) is 17.2 Å². The second kappa shape index (κ2) is 5.54. The van der Waals surface area contributed by atoms with Crippen molar-refractivity contribution in [3.63, 3.8) is 0 Å². The molecule has 0 bridgehead atoms. The quantitative estimate of drug-likeness (QED) is 0.838. The lowest BCUT2D eigenvalue weighted by atomic mass is 9.82. The third kappa shape index (κ3) is 4.54. The van der Waals surface area contributed by atoms with Crippen LogP contribution in [-0.2, 0) is 9.05 Å². The molecule has 0 aliphatic carbocycles. The zero-order valence-corrected chi connectivity index (χ0v) is 13.0. The van der Waals surface area contributed by atoms with Crippen LogP contribution in [0.4, 0.5) is 0 Å². The van der Waals surface area contributed by atoms with Crippen molar-refractivity contribution >= 4 is 25.6 Å². The maximum Gasteiger partial charge on any atom is 0.267 e. The highest BCUT2D eigenvalue weighted by Crippen LogP contribution is 2.24. The first kappa shape index (κ1) is 16.0. The summed E-state index contributed by atoms with van der Waals surface area (Å²) in [4.78, 5) is 14.3. The molecule has 1 amide bonds. The van der Waals surface area contributed by atoms with Gasteiger partial charge in [0.15, 0.2) is 0 Å². The Morgan fingerprint density at radius 3 is 2.47 bits per heavy atom. The summed E-state index contributed by atoms with van der Waals surface area (Å²) >= 11 is 0. The van der Waals surface area contributed by atoms with Crippen molar-refractivity contribution in [3.05, 3.63) is 18.0 Å². The van der Waals surface area contributed by atoms with Gasteiger partial charge >= 0.3 is 0 Å². The predicted octanol–water partition coefficient (Wildman–Crippen LogP) is 2.35. The van der Waals surface area contributed by atoms with Gasteiger partial charge in [0.25, 0.3) is 15.0 Å². The van der Waals surface area contributed by atoms with Crippen LogP contribution in [-0.4, -0.2) is 25.9 Å². The number of aromatic amines is 1. The van der Waals surface area contributed by atoms with Crippen LogP contribution in [0, 0.1) is 11.3 Å². The third-order valence-electron chi connectivity index (χ3n) is 3.23. The van der Waals surface area contributed by atoms with Crippen molar-refractivity contribution in [2.24, 2.45) is 11.3 Å². The van der Waals surface area contributed by atoms with E-state index in [2.05, 4.69) is 31.1 Å². The van der Waals surface area contributed by atoms with E-state index in [0.717, 1.165) is 0 Å². The minimum atomic E-state index is -3.81. The summed E-state index contributed by atoms with van der Waals surface area (Å²) in [5, 5.41) is 2.76. The van der Waals surface area contributed by atoms with Gasteiger partial charge in [-0.3, -0.25) is 4.79 Å². The molecule has 7 heteroatoms. The summed E-state index contributed by atoms with van der Waals surface area (Å²) < 4.78 is 22.2. The molecule has 0 aromatic carbocycles. The summed E-state index contributed by atoms with van der Waals surface area (Å²) in [5.74, 6) is -0.0506. The Morgan fingerprint density at radius 2 is 2.05 bits per heavy atom. The number of aromatic nitrogens is 1. The van der Waals surface area contributed by atoms with E-state index in [-0.39, 0.29) is 21.9 Å². The number of carbonyl (C=O) groups excluding carboxylic acids is 1. The van der Waals surface area contributed by atoms with E-state index >= 15 is 0 Å². The average Bonchev–Trinajstić information content (AvgIpc) is 2.72. The number of hydrogen-bond donors (Lipinski definition) is 2. The summed E-state index contributed by atoms with van der Waals surface area (Å²) in [6.07, 6.45) is 1.20. The van der Waals surface area contributed by atoms with E-state index < -0.39 is 9.05 Å². The van der Waals surface area contributed by atoms with E-state index in [0.29, 0.717) is 12.5 Å². The molecule has 108 valence electrons. The number of rotatable bonds is 4. The second-order valence-corrected chi connectivity index (χ2v) is 8.23. The zero-order valence-electron chi connectivity index (χ0n) is 11.5. The molecule has 19 heavy (non-hydrogen) atoms. The fraction of sp³-hybridized carbons (Fsp3) is 0.583. The third-order valence-corrected chi connectivity index (χ3v) is 4.56. The molecule has 0 fully saturated rings. The van der Waals surface area contributed by atoms with E-state index in [1.165, 1.54) is 12.3 Å². The SMILES string of the molecule is CC(CNC(=O)c1cc(S(=O)(=O)Cl)c[nH]1)C(C)(C)C. The maximum absolute atomic E-state index is 11.8. The monoisotopic (exact) mass is 306 g/mol. The van der Waals surface area contributed by atoms with Gasteiger partial charge in [-0.05, 0) is 17.4 Å². The fourth-order valence-electron chi connectivity index (χ4n) is 1.29. The van der Waals surface area contributed by atoms with Gasteiger partial charge in [-0.1, -0.05) is 27.7 Å². The maximum atomic E-state index is 11.8. The van der Waals surface area contributed by atoms with E-state index in [9.17, 15) is 13.2 Å². The van der Waals surface area contributed by atoms with Gasteiger partial charge in [-0.15, -0.1) is 0 Å². The molecule has 5 nitrogen and oxygen atoms in total. The largest absolute Gasteiger partial charge is 0.356 e. The van der Waals surface area contributed by atoms with Crippen molar-refractivity contribution in [2.45, 2.75) is 32.6 Å². The molecule has 0 spiro atoms. The highest BCUT2D eigenvalue weighted by Gasteiger charge is 2.21. The number of amides is 1. The minimum Gasteiger partial charge on any atom is -0.356 e. The van der Waals surface area contributed by atoms with Crippen molar-refractivity contribution in [1.82, 2.24) is 10.3 Å². The van der Waals surface area contributed by atoms with Gasteiger partial charge in [0.2, 0.25) is 0 Å². The van der Waals surface area contributed by atoms with Gasteiger partial charge in [-0.2, -0.15) is 0 Å². The Bertz CT molecular complexity index is 558. The number of nitrogens with one attached hydrogen (secondary N) is 2. The van der Waals surface area contributed by atoms with Crippen molar-refractivity contribution < 1.29 is 13.2 Å². The van der Waals surface area contributed by atoms with Gasteiger partial charge in [0.05, 0.1) is 0 Å². The molecule has 1 atom stereocenters. The first-order chi connectivity index (χ1) is 8.51. The van der Waals surface area contributed by atoms with Crippen LogP contribution >= 0.6 is 10.7 Å². The van der Waals surface area contributed by atoms with E-state index in [4.69, 9.17) is 10.7 Å². The molecule has 0 saturated heterocycles. The molecule has 2 N–H and O–H groups in total. The van der Waals surface area contributed by atoms with Crippen molar-refractivity contribution in [3.8, 4) is 0 Å². The number of halogens is 1. The molecular weight excluding hydrogens is 288 g/mol. The summed E-state index contributed by atoms with van der Waals surface area (Å²) in [6.45, 7) is 8.85. The fourth-order valence-corrected chi connectivity index (χ4v) is 2.02. The molecule has 1 heterocycles. The van der Waals surface area contributed by atoms with Crippen LogP contribution in [0.5, 0.6) is 0 Å². The number of hydrogen-bond acceptors (Lipinski definition) is 3. The van der Waals surface area contributed by atoms with Crippen LogP contribution in [0.25, 0.3) is 0 Å². The van der Waals surface area contributed by atoms with Gasteiger partial charge in [0.1, 0.15) is 10.6 Å². The van der Waals surface area contributed by atoms with E-state index in [1.807, 2.05) is 6.92 Å². The first-order valence-electron chi connectivity index (χ1n) is 5.93. The Balaban J connectivity index is 2.68. The highest BCUT2D eigenvalue weighted by molar-refractivity contribution is 8.13. The molecular formula is C12H19ClN2O3S. The van der Waals surface area contributed by atoms with Crippen LogP contribution in [0.2, 0.25) is 0 Å². The van der Waals surface area contributed by atoms with Gasteiger partial charge in [0, 0.05) is 23.4 Å². The highest BCUT2D eigenvalue weighted by atomic mass is 35.7.